The minimum absolute atomic E-state index is 0.127. The van der Waals surface area contributed by atoms with Gasteiger partial charge in [0.25, 0.3) is 0 Å². The minimum Gasteiger partial charge on any atom is -0.325 e. The first-order chi connectivity index (χ1) is 9.04. The third-order valence-electron chi connectivity index (χ3n) is 2.65. The molecule has 98 valence electrons. The Morgan fingerprint density at radius 2 is 2.05 bits per heavy atom. The molecule has 1 N–H and O–H groups in total. The molecule has 0 unspecified atom stereocenters. The van der Waals surface area contributed by atoms with E-state index in [9.17, 15) is 9.18 Å². The molecule has 0 saturated heterocycles. The van der Waals surface area contributed by atoms with Gasteiger partial charge in [-0.15, -0.1) is 0 Å². The maximum absolute atomic E-state index is 12.9. The van der Waals surface area contributed by atoms with Gasteiger partial charge in [0.15, 0.2) is 0 Å². The molecule has 0 bridgehead atoms. The molecule has 4 heteroatoms. The minimum atomic E-state index is -0.344. The first kappa shape index (κ1) is 13.7. The van der Waals surface area contributed by atoms with E-state index in [1.54, 1.807) is 0 Å². The molecule has 0 spiro atoms. The van der Waals surface area contributed by atoms with E-state index in [-0.39, 0.29) is 11.7 Å². The molecule has 0 atom stereocenters. The lowest BCUT2D eigenvalue weighted by Gasteiger charge is -2.08. The number of aryl methyl sites for hydroxylation is 1. The molecule has 19 heavy (non-hydrogen) atoms. The highest BCUT2D eigenvalue weighted by molar-refractivity contribution is 9.10. The Bertz CT molecular complexity index is 613. The number of amides is 1. The van der Waals surface area contributed by atoms with Crippen molar-refractivity contribution in [2.75, 3.05) is 5.32 Å². The highest BCUT2D eigenvalue weighted by Crippen LogP contribution is 2.23. The monoisotopic (exact) mass is 321 g/mol. The van der Waals surface area contributed by atoms with Gasteiger partial charge in [-0.2, -0.15) is 0 Å². The average Bonchev–Trinajstić information content (AvgIpc) is 2.33. The topological polar surface area (TPSA) is 29.1 Å². The molecule has 0 fully saturated rings. The van der Waals surface area contributed by atoms with Gasteiger partial charge in [-0.25, -0.2) is 4.39 Å². The van der Waals surface area contributed by atoms with E-state index in [0.29, 0.717) is 16.6 Å². The molecule has 2 nitrogen and oxygen atoms in total. The first-order valence-corrected chi connectivity index (χ1v) is 6.64. The highest BCUT2D eigenvalue weighted by Gasteiger charge is 2.07. The van der Waals surface area contributed by atoms with Crippen LogP contribution < -0.4 is 5.32 Å². The van der Waals surface area contributed by atoms with Crippen molar-refractivity contribution in [3.8, 4) is 0 Å². The summed E-state index contributed by atoms with van der Waals surface area (Å²) < 4.78 is 13.5. The predicted molar refractivity (Wildman–Crippen MR) is 77.6 cm³/mol. The second kappa shape index (κ2) is 5.97. The Labute approximate surface area is 119 Å². The molecule has 2 aromatic carbocycles. The summed E-state index contributed by atoms with van der Waals surface area (Å²) >= 11 is 3.22. The van der Waals surface area contributed by atoms with Crippen molar-refractivity contribution in [1.82, 2.24) is 0 Å². The van der Waals surface area contributed by atoms with Crippen LogP contribution in [-0.2, 0) is 11.2 Å². The van der Waals surface area contributed by atoms with Crippen molar-refractivity contribution in [2.45, 2.75) is 13.3 Å². The summed E-state index contributed by atoms with van der Waals surface area (Å²) in [6.07, 6.45) is 0.297. The molecular weight excluding hydrogens is 309 g/mol. The zero-order valence-corrected chi connectivity index (χ0v) is 12.0. The van der Waals surface area contributed by atoms with Crippen molar-refractivity contribution in [3.05, 3.63) is 63.9 Å². The van der Waals surface area contributed by atoms with Gasteiger partial charge in [0.1, 0.15) is 5.82 Å². The van der Waals surface area contributed by atoms with Gasteiger partial charge < -0.3 is 5.32 Å². The second-order valence-electron chi connectivity index (χ2n) is 4.34. The lowest BCUT2D eigenvalue weighted by Crippen LogP contribution is -2.14. The normalized spacial score (nSPS) is 10.3. The van der Waals surface area contributed by atoms with Gasteiger partial charge in [0, 0.05) is 4.47 Å². The highest BCUT2D eigenvalue weighted by atomic mass is 79.9. The summed E-state index contributed by atoms with van der Waals surface area (Å²) in [4.78, 5) is 11.9. The van der Waals surface area contributed by atoms with E-state index in [0.717, 1.165) is 11.1 Å². The number of nitrogens with one attached hydrogen (secondary N) is 1. The van der Waals surface area contributed by atoms with Crippen LogP contribution in [0.25, 0.3) is 0 Å². The summed E-state index contributed by atoms with van der Waals surface area (Å²) in [6, 6.07) is 12.0. The van der Waals surface area contributed by atoms with E-state index < -0.39 is 0 Å². The molecule has 0 aliphatic rings. The fourth-order valence-electron chi connectivity index (χ4n) is 1.79. The number of anilines is 1. The van der Waals surface area contributed by atoms with Crippen molar-refractivity contribution in [2.24, 2.45) is 0 Å². The Morgan fingerprint density at radius 1 is 1.26 bits per heavy atom. The van der Waals surface area contributed by atoms with E-state index in [1.807, 2.05) is 31.2 Å². The van der Waals surface area contributed by atoms with Crippen molar-refractivity contribution in [1.29, 1.82) is 0 Å². The van der Waals surface area contributed by atoms with Gasteiger partial charge in [0.05, 0.1) is 12.1 Å². The largest absolute Gasteiger partial charge is 0.325 e. The number of carbonyl (C=O) groups is 1. The Balaban J connectivity index is 2.05. The van der Waals surface area contributed by atoms with Crippen LogP contribution in [0.4, 0.5) is 10.1 Å². The van der Waals surface area contributed by atoms with Gasteiger partial charge in [-0.1, -0.05) is 29.8 Å². The molecule has 0 aliphatic heterocycles. The van der Waals surface area contributed by atoms with Crippen LogP contribution in [0.3, 0.4) is 0 Å². The maximum atomic E-state index is 12.9. The third-order valence-corrected chi connectivity index (χ3v) is 3.31. The lowest BCUT2D eigenvalue weighted by molar-refractivity contribution is -0.115. The Morgan fingerprint density at radius 3 is 2.74 bits per heavy atom. The average molecular weight is 322 g/mol. The van der Waals surface area contributed by atoms with Gasteiger partial charge in [0.2, 0.25) is 5.91 Å². The summed E-state index contributed by atoms with van der Waals surface area (Å²) in [6.45, 7) is 1.98. The number of rotatable bonds is 3. The van der Waals surface area contributed by atoms with Crippen LogP contribution in [0.2, 0.25) is 0 Å². The van der Waals surface area contributed by atoms with Crippen LogP contribution >= 0.6 is 15.9 Å². The fraction of sp³-hybridized carbons (Fsp3) is 0.133. The number of benzene rings is 2. The molecule has 0 aromatic heterocycles. The summed E-state index contributed by atoms with van der Waals surface area (Å²) in [5.74, 6) is -0.471. The van der Waals surface area contributed by atoms with Gasteiger partial charge in [-0.3, -0.25) is 4.79 Å². The smallest absolute Gasteiger partial charge is 0.228 e. The number of carbonyl (C=O) groups excluding carboxylic acids is 1. The summed E-state index contributed by atoms with van der Waals surface area (Å²) in [7, 11) is 0. The number of hydrogen-bond acceptors (Lipinski definition) is 1. The van der Waals surface area contributed by atoms with Crippen LogP contribution in [0, 0.1) is 12.7 Å². The maximum Gasteiger partial charge on any atom is 0.228 e. The Hall–Kier alpha value is -1.68. The standard InChI is InChI=1S/C15H13BrFNO/c1-10-3-2-4-11(7-10)8-15(19)18-14-6-5-12(17)9-13(14)16/h2-7,9H,8H2,1H3,(H,18,19). The quantitative estimate of drug-likeness (QED) is 0.906. The van der Waals surface area contributed by atoms with E-state index in [1.165, 1.54) is 18.2 Å². The molecule has 0 saturated carbocycles. The van der Waals surface area contributed by atoms with Gasteiger partial charge in [-0.05, 0) is 46.6 Å². The van der Waals surface area contributed by atoms with Crippen LogP contribution in [-0.4, -0.2) is 5.91 Å². The van der Waals surface area contributed by atoms with E-state index >= 15 is 0 Å². The lowest BCUT2D eigenvalue weighted by atomic mass is 10.1. The van der Waals surface area contributed by atoms with Crippen molar-refractivity contribution in [3.63, 3.8) is 0 Å². The number of halogens is 2. The molecule has 0 aliphatic carbocycles. The predicted octanol–water partition coefficient (Wildman–Crippen LogP) is 4.08. The zero-order chi connectivity index (χ0) is 13.8. The van der Waals surface area contributed by atoms with Crippen LogP contribution in [0.5, 0.6) is 0 Å². The first-order valence-electron chi connectivity index (χ1n) is 5.85. The Kier molecular flexibility index (Phi) is 4.32. The molecule has 2 rings (SSSR count). The van der Waals surface area contributed by atoms with E-state index in [2.05, 4.69) is 21.2 Å². The van der Waals surface area contributed by atoms with E-state index in [4.69, 9.17) is 0 Å². The second-order valence-corrected chi connectivity index (χ2v) is 5.19. The van der Waals surface area contributed by atoms with Crippen molar-refractivity contribution < 1.29 is 9.18 Å². The third kappa shape index (κ3) is 3.89. The molecule has 1 amide bonds. The zero-order valence-electron chi connectivity index (χ0n) is 10.4. The summed E-state index contributed by atoms with van der Waals surface area (Å²) in [5.41, 5.74) is 2.64. The molecule has 0 heterocycles. The van der Waals surface area contributed by atoms with Crippen molar-refractivity contribution >= 4 is 27.5 Å². The molecular formula is C15H13BrFNO. The fourth-order valence-corrected chi connectivity index (χ4v) is 2.24. The van der Waals surface area contributed by atoms with Crippen LogP contribution in [0.15, 0.2) is 46.9 Å². The summed E-state index contributed by atoms with van der Waals surface area (Å²) in [5, 5.41) is 2.75. The SMILES string of the molecule is Cc1cccc(CC(=O)Nc2ccc(F)cc2Br)c1. The number of hydrogen-bond donors (Lipinski definition) is 1. The van der Waals surface area contributed by atoms with Crippen LogP contribution in [0.1, 0.15) is 11.1 Å². The van der Waals surface area contributed by atoms with Gasteiger partial charge >= 0.3 is 0 Å². The molecule has 2 aromatic rings. The molecule has 0 radical (unpaired) electrons.